The fraction of sp³-hybridized carbons (Fsp3) is 0.552. The number of hydrogen-bond donors (Lipinski definition) is 2. The zero-order valence-corrected chi connectivity index (χ0v) is 22.3. The lowest BCUT2D eigenvalue weighted by molar-refractivity contribution is -0.129. The van der Waals surface area contributed by atoms with E-state index in [4.69, 9.17) is 4.98 Å². The van der Waals surface area contributed by atoms with Crippen molar-refractivity contribution in [3.8, 4) is 5.82 Å². The van der Waals surface area contributed by atoms with E-state index in [2.05, 4.69) is 55.1 Å². The van der Waals surface area contributed by atoms with Gasteiger partial charge in [-0.05, 0) is 62.3 Å². The third-order valence-corrected chi connectivity index (χ3v) is 8.61. The van der Waals surface area contributed by atoms with Crippen LogP contribution in [-0.4, -0.2) is 93.3 Å². The number of aromatic nitrogens is 3. The SMILES string of the molecule is CC(=O)N1CCN(c2cccc3c2ccn3-c2ccnc(NC3CCC(CN4CCC(O)C4)CC3)n2)CC1. The van der Waals surface area contributed by atoms with E-state index in [0.29, 0.717) is 12.0 Å². The second kappa shape index (κ2) is 10.9. The summed E-state index contributed by atoms with van der Waals surface area (Å²) in [5, 5.41) is 14.6. The topological polar surface area (TPSA) is 89.8 Å². The molecule has 1 aromatic carbocycles. The van der Waals surface area contributed by atoms with Crippen LogP contribution in [0.1, 0.15) is 39.0 Å². The van der Waals surface area contributed by atoms with Crippen LogP contribution in [0.3, 0.4) is 0 Å². The number of hydrogen-bond acceptors (Lipinski definition) is 7. The largest absolute Gasteiger partial charge is 0.392 e. The molecule has 6 rings (SSSR count). The first-order valence-corrected chi connectivity index (χ1v) is 14.1. The van der Waals surface area contributed by atoms with Crippen LogP contribution in [0.25, 0.3) is 16.7 Å². The molecule has 1 saturated carbocycles. The molecule has 3 aliphatic rings. The monoisotopic (exact) mass is 517 g/mol. The number of β-amino-alcohol motifs (C(OH)–C–C–N with tert-alkyl or cyclic N) is 1. The van der Waals surface area contributed by atoms with Gasteiger partial charge in [0.15, 0.2) is 0 Å². The van der Waals surface area contributed by atoms with Crippen molar-refractivity contribution in [1.29, 1.82) is 0 Å². The van der Waals surface area contributed by atoms with Crippen LogP contribution in [0.15, 0.2) is 42.7 Å². The Balaban J connectivity index is 1.11. The summed E-state index contributed by atoms with van der Waals surface area (Å²) in [6, 6.07) is 10.9. The normalized spacial score (nSPS) is 24.7. The quantitative estimate of drug-likeness (QED) is 0.519. The van der Waals surface area contributed by atoms with Crippen molar-refractivity contribution in [3.63, 3.8) is 0 Å². The molecule has 9 heteroatoms. The number of fused-ring (bicyclic) bond motifs is 1. The summed E-state index contributed by atoms with van der Waals surface area (Å²) in [5.74, 6) is 2.42. The number of carbonyl (C=O) groups excluding carboxylic acids is 1. The lowest BCUT2D eigenvalue weighted by Gasteiger charge is -2.36. The van der Waals surface area contributed by atoms with Gasteiger partial charge in [0, 0.05) is 82.2 Å². The van der Waals surface area contributed by atoms with Crippen molar-refractivity contribution >= 4 is 28.4 Å². The van der Waals surface area contributed by atoms with E-state index in [1.165, 1.54) is 23.9 Å². The highest BCUT2D eigenvalue weighted by atomic mass is 16.3. The van der Waals surface area contributed by atoms with Gasteiger partial charge in [-0.2, -0.15) is 4.98 Å². The highest BCUT2D eigenvalue weighted by Gasteiger charge is 2.27. The maximum atomic E-state index is 11.7. The van der Waals surface area contributed by atoms with Crippen molar-refractivity contribution in [2.24, 2.45) is 5.92 Å². The first-order chi connectivity index (χ1) is 18.5. The van der Waals surface area contributed by atoms with Crippen molar-refractivity contribution in [3.05, 3.63) is 42.7 Å². The Morgan fingerprint density at radius 3 is 2.58 bits per heavy atom. The van der Waals surface area contributed by atoms with E-state index >= 15 is 0 Å². The maximum Gasteiger partial charge on any atom is 0.224 e. The standard InChI is InChI=1S/C29H39N7O2/c1-21(37)34-15-17-35(18-16-34)26-3-2-4-27-25(26)11-14-36(27)28-9-12-30-29(32-28)31-23-7-5-22(6-8-23)19-33-13-10-24(38)20-33/h2-4,9,11-12,14,22-24,38H,5-8,10,13,15-20H2,1H3,(H,30,31,32). The number of anilines is 2. The van der Waals surface area contributed by atoms with Gasteiger partial charge in [0.1, 0.15) is 5.82 Å². The molecule has 202 valence electrons. The average molecular weight is 518 g/mol. The molecular weight excluding hydrogens is 478 g/mol. The van der Waals surface area contributed by atoms with Crippen LogP contribution >= 0.6 is 0 Å². The zero-order chi connectivity index (χ0) is 26.1. The number of aliphatic hydroxyl groups is 1. The van der Waals surface area contributed by atoms with Crippen molar-refractivity contribution in [1.82, 2.24) is 24.3 Å². The molecular formula is C29H39N7O2. The number of nitrogens with zero attached hydrogens (tertiary/aromatic N) is 6. The number of nitrogens with one attached hydrogen (secondary N) is 1. The molecule has 0 bridgehead atoms. The van der Waals surface area contributed by atoms with Gasteiger partial charge in [0.25, 0.3) is 0 Å². The summed E-state index contributed by atoms with van der Waals surface area (Å²) in [6.07, 6.45) is 9.37. The Morgan fingerprint density at radius 2 is 1.84 bits per heavy atom. The minimum atomic E-state index is -0.134. The molecule has 1 amide bonds. The minimum Gasteiger partial charge on any atom is -0.392 e. The first kappa shape index (κ1) is 25.1. The van der Waals surface area contributed by atoms with Crippen molar-refractivity contribution in [2.75, 3.05) is 56.0 Å². The van der Waals surface area contributed by atoms with E-state index in [9.17, 15) is 9.90 Å². The average Bonchev–Trinajstić information content (AvgIpc) is 3.56. The summed E-state index contributed by atoms with van der Waals surface area (Å²) in [6.45, 7) is 7.84. The predicted molar refractivity (Wildman–Crippen MR) is 150 cm³/mol. The van der Waals surface area contributed by atoms with Gasteiger partial charge in [-0.1, -0.05) is 6.07 Å². The van der Waals surface area contributed by atoms with Crippen LogP contribution in [0.2, 0.25) is 0 Å². The van der Waals surface area contributed by atoms with E-state index in [1.54, 1.807) is 6.92 Å². The second-order valence-corrected chi connectivity index (χ2v) is 11.2. The number of rotatable bonds is 6. The predicted octanol–water partition coefficient (Wildman–Crippen LogP) is 3.13. The molecule has 1 unspecified atom stereocenters. The van der Waals surface area contributed by atoms with Crippen molar-refractivity contribution < 1.29 is 9.90 Å². The maximum absolute atomic E-state index is 11.7. The van der Waals surface area contributed by atoms with Crippen LogP contribution in [0.4, 0.5) is 11.6 Å². The molecule has 0 spiro atoms. The van der Waals surface area contributed by atoms with Crippen LogP contribution in [0, 0.1) is 5.92 Å². The highest BCUT2D eigenvalue weighted by molar-refractivity contribution is 5.94. The molecule has 2 aromatic heterocycles. The number of benzene rings is 1. The molecule has 9 nitrogen and oxygen atoms in total. The molecule has 4 heterocycles. The summed E-state index contributed by atoms with van der Waals surface area (Å²) in [5.41, 5.74) is 2.32. The molecule has 38 heavy (non-hydrogen) atoms. The van der Waals surface area contributed by atoms with E-state index in [0.717, 1.165) is 82.3 Å². The Labute approximate surface area is 224 Å². The number of aliphatic hydroxyl groups excluding tert-OH is 1. The Bertz CT molecular complexity index is 1260. The molecule has 2 aliphatic heterocycles. The van der Waals surface area contributed by atoms with Gasteiger partial charge in [-0.25, -0.2) is 4.98 Å². The summed E-state index contributed by atoms with van der Waals surface area (Å²) < 4.78 is 2.14. The number of carbonyl (C=O) groups is 1. The molecule has 0 radical (unpaired) electrons. The van der Waals surface area contributed by atoms with E-state index < -0.39 is 0 Å². The number of piperazine rings is 1. The lowest BCUT2D eigenvalue weighted by Crippen LogP contribution is -2.48. The number of likely N-dealkylation sites (tertiary alicyclic amines) is 1. The van der Waals surface area contributed by atoms with Gasteiger partial charge in [0.05, 0.1) is 11.6 Å². The Morgan fingerprint density at radius 1 is 1.03 bits per heavy atom. The Kier molecular flexibility index (Phi) is 7.21. The van der Waals surface area contributed by atoms with Gasteiger partial charge in [-0.3, -0.25) is 4.79 Å². The summed E-state index contributed by atoms with van der Waals surface area (Å²) >= 11 is 0. The highest BCUT2D eigenvalue weighted by Crippen LogP contribution is 2.31. The minimum absolute atomic E-state index is 0.134. The van der Waals surface area contributed by atoms with E-state index in [1.807, 2.05) is 17.2 Å². The Hall–Kier alpha value is -3.17. The van der Waals surface area contributed by atoms with Gasteiger partial charge >= 0.3 is 0 Å². The lowest BCUT2D eigenvalue weighted by atomic mass is 9.86. The summed E-state index contributed by atoms with van der Waals surface area (Å²) in [4.78, 5) is 27.9. The van der Waals surface area contributed by atoms with Gasteiger partial charge in [0.2, 0.25) is 11.9 Å². The third kappa shape index (κ3) is 5.35. The molecule has 3 aromatic rings. The summed E-state index contributed by atoms with van der Waals surface area (Å²) in [7, 11) is 0. The molecule has 1 aliphatic carbocycles. The molecule has 2 N–H and O–H groups in total. The smallest absolute Gasteiger partial charge is 0.224 e. The fourth-order valence-corrected chi connectivity index (χ4v) is 6.46. The first-order valence-electron chi connectivity index (χ1n) is 14.1. The van der Waals surface area contributed by atoms with Crippen LogP contribution < -0.4 is 10.2 Å². The van der Waals surface area contributed by atoms with Gasteiger partial charge in [-0.15, -0.1) is 0 Å². The molecule has 2 saturated heterocycles. The van der Waals surface area contributed by atoms with Crippen LogP contribution in [-0.2, 0) is 4.79 Å². The van der Waals surface area contributed by atoms with Crippen LogP contribution in [0.5, 0.6) is 0 Å². The van der Waals surface area contributed by atoms with E-state index in [-0.39, 0.29) is 12.0 Å². The molecule has 1 atom stereocenters. The third-order valence-electron chi connectivity index (χ3n) is 8.61. The number of amides is 1. The second-order valence-electron chi connectivity index (χ2n) is 11.2. The fourth-order valence-electron chi connectivity index (χ4n) is 6.46. The van der Waals surface area contributed by atoms with Crippen molar-refractivity contribution in [2.45, 2.75) is 51.2 Å². The molecule has 3 fully saturated rings. The zero-order valence-electron chi connectivity index (χ0n) is 22.3. The van der Waals surface area contributed by atoms with Gasteiger partial charge < -0.3 is 29.7 Å².